The molecule has 32 heavy (non-hydrogen) atoms. The number of alkyl halides is 2. The van der Waals surface area contributed by atoms with Gasteiger partial charge in [-0.25, -0.2) is 4.99 Å². The van der Waals surface area contributed by atoms with Crippen molar-refractivity contribution in [1.82, 2.24) is 15.5 Å². The van der Waals surface area contributed by atoms with Crippen molar-refractivity contribution >= 4 is 29.9 Å². The van der Waals surface area contributed by atoms with Crippen LogP contribution in [0.5, 0.6) is 11.5 Å². The number of aliphatic imine (C=N–C) groups is 1. The van der Waals surface area contributed by atoms with Crippen molar-refractivity contribution in [1.29, 1.82) is 0 Å². The van der Waals surface area contributed by atoms with Crippen molar-refractivity contribution in [2.75, 3.05) is 39.3 Å². The third-order valence-corrected chi connectivity index (χ3v) is 4.76. The molecule has 1 aliphatic heterocycles. The fourth-order valence-corrected chi connectivity index (χ4v) is 3.66. The molecule has 1 heterocycles. The molecule has 10 heteroatoms. The first-order chi connectivity index (χ1) is 14.9. The maximum atomic E-state index is 12.9. The van der Waals surface area contributed by atoms with Crippen LogP contribution in [0.1, 0.15) is 39.7 Å². The Morgan fingerprint density at radius 1 is 1.22 bits per heavy atom. The Bertz CT molecular complexity index is 687. The van der Waals surface area contributed by atoms with E-state index in [0.717, 1.165) is 32.6 Å². The maximum absolute atomic E-state index is 12.9. The minimum atomic E-state index is -2.93. The van der Waals surface area contributed by atoms with E-state index in [4.69, 9.17) is 14.2 Å². The summed E-state index contributed by atoms with van der Waals surface area (Å²) in [5.41, 5.74) is 0.541. The Morgan fingerprint density at radius 3 is 2.56 bits per heavy atom. The van der Waals surface area contributed by atoms with Crippen LogP contribution in [-0.2, 0) is 11.3 Å². The second-order valence-electron chi connectivity index (χ2n) is 7.55. The summed E-state index contributed by atoms with van der Waals surface area (Å²) in [4.78, 5) is 6.96. The molecule has 0 aromatic heterocycles. The van der Waals surface area contributed by atoms with Crippen LogP contribution in [0.25, 0.3) is 0 Å². The van der Waals surface area contributed by atoms with Crippen LogP contribution in [0.3, 0.4) is 0 Å². The van der Waals surface area contributed by atoms with Gasteiger partial charge in [0.1, 0.15) is 0 Å². The minimum absolute atomic E-state index is 0. The number of morpholine rings is 1. The van der Waals surface area contributed by atoms with Crippen LogP contribution in [-0.4, -0.2) is 69.0 Å². The molecule has 1 aromatic rings. The summed E-state index contributed by atoms with van der Waals surface area (Å²) in [6, 6.07) is 5.08. The zero-order valence-corrected chi connectivity index (χ0v) is 21.7. The van der Waals surface area contributed by atoms with Gasteiger partial charge in [-0.1, -0.05) is 12.1 Å². The van der Waals surface area contributed by atoms with Gasteiger partial charge in [0.2, 0.25) is 0 Å². The van der Waals surface area contributed by atoms with Gasteiger partial charge >= 0.3 is 6.61 Å². The number of para-hydroxylation sites is 1. The summed E-state index contributed by atoms with van der Waals surface area (Å²) in [6.45, 7) is 9.92. The van der Waals surface area contributed by atoms with E-state index in [1.165, 1.54) is 0 Å². The highest BCUT2D eigenvalue weighted by atomic mass is 127. The van der Waals surface area contributed by atoms with Gasteiger partial charge in [-0.15, -0.1) is 24.0 Å². The van der Waals surface area contributed by atoms with Gasteiger partial charge < -0.3 is 24.8 Å². The van der Waals surface area contributed by atoms with E-state index in [0.29, 0.717) is 30.4 Å². The van der Waals surface area contributed by atoms with Crippen LogP contribution in [0, 0.1) is 0 Å². The normalized spacial score (nSPS) is 19.4. The first kappa shape index (κ1) is 28.6. The van der Waals surface area contributed by atoms with Gasteiger partial charge in [-0.05, 0) is 40.2 Å². The lowest BCUT2D eigenvalue weighted by atomic mass is 10.2. The highest BCUT2D eigenvalue weighted by molar-refractivity contribution is 14.0. The van der Waals surface area contributed by atoms with Crippen molar-refractivity contribution in [2.24, 2.45) is 4.99 Å². The molecule has 0 amide bonds. The third-order valence-electron chi connectivity index (χ3n) is 4.76. The second kappa shape index (κ2) is 15.4. The molecular weight excluding hydrogens is 533 g/mol. The molecule has 0 spiro atoms. The van der Waals surface area contributed by atoms with Crippen molar-refractivity contribution in [3.05, 3.63) is 23.8 Å². The predicted molar refractivity (Wildman–Crippen MR) is 134 cm³/mol. The van der Waals surface area contributed by atoms with Crippen LogP contribution in [0.15, 0.2) is 23.2 Å². The number of halogens is 3. The lowest BCUT2D eigenvalue weighted by Crippen LogP contribution is -2.46. The summed E-state index contributed by atoms with van der Waals surface area (Å²) in [5, 5.41) is 6.50. The topological polar surface area (TPSA) is 67.4 Å². The Hall–Kier alpha value is -1.40. The average Bonchev–Trinajstić information content (AvgIpc) is 2.70. The number of guanidine groups is 1. The minimum Gasteiger partial charge on any atom is -0.490 e. The standard InChI is InChI=1S/C22H36F2N4O3.HI/c1-5-25-22(26-11-8-12-28-14-16(3)30-17(4)15-28)27-13-18-9-7-10-19(29-6-2)20(18)31-21(23)24;/h7,9-10,16-17,21H,5-6,8,11-15H2,1-4H3,(H2,25,26,27);1H. The molecule has 0 radical (unpaired) electrons. The van der Waals surface area contributed by atoms with E-state index < -0.39 is 6.61 Å². The monoisotopic (exact) mass is 570 g/mol. The zero-order chi connectivity index (χ0) is 22.6. The summed E-state index contributed by atoms with van der Waals surface area (Å²) >= 11 is 0. The number of nitrogens with zero attached hydrogens (tertiary/aromatic N) is 2. The van der Waals surface area contributed by atoms with Crippen LogP contribution in [0.4, 0.5) is 8.78 Å². The third kappa shape index (κ3) is 10.0. The van der Waals surface area contributed by atoms with Gasteiger partial charge in [-0.3, -0.25) is 4.90 Å². The van der Waals surface area contributed by atoms with Gasteiger partial charge in [0.25, 0.3) is 0 Å². The van der Waals surface area contributed by atoms with Crippen molar-refractivity contribution in [2.45, 2.75) is 59.5 Å². The smallest absolute Gasteiger partial charge is 0.387 e. The highest BCUT2D eigenvalue weighted by Crippen LogP contribution is 2.33. The molecule has 0 bridgehead atoms. The number of ether oxygens (including phenoxy) is 3. The van der Waals surface area contributed by atoms with E-state index in [2.05, 4.69) is 34.4 Å². The van der Waals surface area contributed by atoms with Crippen molar-refractivity contribution < 1.29 is 23.0 Å². The first-order valence-corrected chi connectivity index (χ1v) is 11.0. The fourth-order valence-electron chi connectivity index (χ4n) is 3.66. The molecule has 0 aliphatic carbocycles. The lowest BCUT2D eigenvalue weighted by Gasteiger charge is -2.35. The van der Waals surface area contributed by atoms with E-state index in [-0.39, 0.29) is 48.5 Å². The van der Waals surface area contributed by atoms with Gasteiger partial charge in [0, 0.05) is 38.3 Å². The first-order valence-electron chi connectivity index (χ1n) is 11.0. The van der Waals surface area contributed by atoms with Gasteiger partial charge in [0.05, 0.1) is 25.4 Å². The molecule has 2 rings (SSSR count). The molecule has 2 atom stereocenters. The molecule has 0 saturated carbocycles. The molecule has 7 nitrogen and oxygen atoms in total. The maximum Gasteiger partial charge on any atom is 0.387 e. The van der Waals surface area contributed by atoms with Crippen LogP contribution in [0.2, 0.25) is 0 Å². The summed E-state index contributed by atoms with van der Waals surface area (Å²) < 4.78 is 41.7. The van der Waals surface area contributed by atoms with Crippen LogP contribution >= 0.6 is 24.0 Å². The Kier molecular flexibility index (Phi) is 13.8. The fraction of sp³-hybridized carbons (Fsp3) is 0.682. The number of rotatable bonds is 11. The summed E-state index contributed by atoms with van der Waals surface area (Å²) in [5.74, 6) is 0.966. The number of nitrogens with one attached hydrogen (secondary N) is 2. The van der Waals surface area contributed by atoms with E-state index >= 15 is 0 Å². The molecule has 1 saturated heterocycles. The number of hydrogen-bond acceptors (Lipinski definition) is 5. The predicted octanol–water partition coefficient (Wildman–Crippen LogP) is 3.86. The van der Waals surface area contributed by atoms with Crippen molar-refractivity contribution in [3.63, 3.8) is 0 Å². The number of hydrogen-bond donors (Lipinski definition) is 2. The Balaban J connectivity index is 0.00000512. The molecule has 2 unspecified atom stereocenters. The van der Waals surface area contributed by atoms with Crippen LogP contribution < -0.4 is 20.1 Å². The largest absolute Gasteiger partial charge is 0.490 e. The van der Waals surface area contributed by atoms with E-state index in [9.17, 15) is 8.78 Å². The summed E-state index contributed by atoms with van der Waals surface area (Å²) in [6.07, 6.45) is 1.48. The van der Waals surface area contributed by atoms with E-state index in [1.54, 1.807) is 25.1 Å². The average molecular weight is 570 g/mol. The number of benzene rings is 1. The molecule has 2 N–H and O–H groups in total. The molecular formula is C22H37F2IN4O3. The molecule has 1 fully saturated rings. The lowest BCUT2D eigenvalue weighted by molar-refractivity contribution is -0.0679. The van der Waals surface area contributed by atoms with E-state index in [1.807, 2.05) is 6.92 Å². The Morgan fingerprint density at radius 2 is 1.94 bits per heavy atom. The van der Waals surface area contributed by atoms with Crippen molar-refractivity contribution in [3.8, 4) is 11.5 Å². The Labute approximate surface area is 207 Å². The molecule has 1 aromatic carbocycles. The SMILES string of the molecule is CCNC(=NCc1cccc(OCC)c1OC(F)F)NCCCN1CC(C)OC(C)C1.I. The molecule has 184 valence electrons. The second-order valence-corrected chi connectivity index (χ2v) is 7.55. The van der Waals surface area contributed by atoms with Gasteiger partial charge in [-0.2, -0.15) is 8.78 Å². The summed E-state index contributed by atoms with van der Waals surface area (Å²) in [7, 11) is 0. The quantitative estimate of drug-likeness (QED) is 0.182. The van der Waals surface area contributed by atoms with Gasteiger partial charge in [0.15, 0.2) is 17.5 Å². The molecule has 1 aliphatic rings. The highest BCUT2D eigenvalue weighted by Gasteiger charge is 2.21. The zero-order valence-electron chi connectivity index (χ0n) is 19.4.